The van der Waals surface area contributed by atoms with E-state index in [0.717, 1.165) is 10.0 Å². The van der Waals surface area contributed by atoms with Crippen LogP contribution in [0.2, 0.25) is 0 Å². The van der Waals surface area contributed by atoms with Gasteiger partial charge in [0.2, 0.25) is 5.91 Å². The molecule has 162 valence electrons. The molecule has 7 nitrogen and oxygen atoms in total. The van der Waals surface area contributed by atoms with E-state index in [-0.39, 0.29) is 25.0 Å². The molecule has 0 saturated heterocycles. The van der Waals surface area contributed by atoms with Crippen molar-refractivity contribution in [2.45, 2.75) is 26.4 Å². The van der Waals surface area contributed by atoms with Crippen LogP contribution in [0.5, 0.6) is 17.2 Å². The number of carbonyl (C=O) groups excluding carboxylic acids is 2. The van der Waals surface area contributed by atoms with E-state index < -0.39 is 6.04 Å². The Hall–Kier alpha value is -2.74. The van der Waals surface area contributed by atoms with Crippen molar-refractivity contribution in [3.8, 4) is 17.2 Å². The van der Waals surface area contributed by atoms with Crippen molar-refractivity contribution in [3.63, 3.8) is 0 Å². The average molecular weight is 479 g/mol. The molecule has 0 bridgehead atoms. The second-order valence-corrected chi connectivity index (χ2v) is 7.47. The van der Waals surface area contributed by atoms with Crippen LogP contribution in [0.15, 0.2) is 46.9 Å². The van der Waals surface area contributed by atoms with Gasteiger partial charge in [0.1, 0.15) is 23.3 Å². The van der Waals surface area contributed by atoms with Gasteiger partial charge >= 0.3 is 0 Å². The topological polar surface area (TPSA) is 77.1 Å². The minimum absolute atomic E-state index is 0.217. The highest BCUT2D eigenvalue weighted by molar-refractivity contribution is 9.10. The van der Waals surface area contributed by atoms with Gasteiger partial charge in [-0.25, -0.2) is 0 Å². The maximum Gasteiger partial charge on any atom is 0.261 e. The Kier molecular flexibility index (Phi) is 8.98. The SMILES string of the molecule is CCNC(=O)[C@@H](C)N(Cc1ccc(Br)cc1)C(=O)COc1cc(OC)cc(OC)c1. The lowest BCUT2D eigenvalue weighted by molar-refractivity contribution is -0.142. The number of hydrogen-bond acceptors (Lipinski definition) is 5. The molecular formula is C22H27BrN2O5. The Morgan fingerprint density at radius 3 is 2.13 bits per heavy atom. The average Bonchev–Trinajstić information content (AvgIpc) is 2.76. The number of methoxy groups -OCH3 is 2. The van der Waals surface area contributed by atoms with E-state index >= 15 is 0 Å². The number of ether oxygens (including phenoxy) is 3. The maximum atomic E-state index is 13.0. The van der Waals surface area contributed by atoms with E-state index in [1.165, 1.54) is 19.1 Å². The quantitative estimate of drug-likeness (QED) is 0.566. The van der Waals surface area contributed by atoms with Gasteiger partial charge in [-0.1, -0.05) is 28.1 Å². The zero-order valence-corrected chi connectivity index (χ0v) is 19.2. The van der Waals surface area contributed by atoms with Crippen molar-refractivity contribution in [2.75, 3.05) is 27.4 Å². The molecule has 0 radical (unpaired) electrons. The van der Waals surface area contributed by atoms with Crippen LogP contribution in [0.4, 0.5) is 0 Å². The summed E-state index contributed by atoms with van der Waals surface area (Å²) in [6.45, 7) is 4.09. The first-order valence-corrected chi connectivity index (χ1v) is 10.3. The molecule has 0 unspecified atom stereocenters. The summed E-state index contributed by atoms with van der Waals surface area (Å²) in [4.78, 5) is 26.9. The number of halogens is 1. The Morgan fingerprint density at radius 1 is 1.03 bits per heavy atom. The third kappa shape index (κ3) is 6.66. The number of amides is 2. The van der Waals surface area contributed by atoms with Crippen LogP contribution in [0, 0.1) is 0 Å². The Morgan fingerprint density at radius 2 is 1.60 bits per heavy atom. The van der Waals surface area contributed by atoms with Gasteiger partial charge in [0.15, 0.2) is 6.61 Å². The number of nitrogens with zero attached hydrogens (tertiary/aromatic N) is 1. The minimum atomic E-state index is -0.649. The van der Waals surface area contributed by atoms with Gasteiger partial charge in [-0.05, 0) is 31.5 Å². The van der Waals surface area contributed by atoms with Gasteiger partial charge in [0.05, 0.1) is 14.2 Å². The smallest absolute Gasteiger partial charge is 0.261 e. The van der Waals surface area contributed by atoms with E-state index in [1.807, 2.05) is 31.2 Å². The highest BCUT2D eigenvalue weighted by Gasteiger charge is 2.26. The van der Waals surface area contributed by atoms with Gasteiger partial charge in [0.25, 0.3) is 5.91 Å². The molecule has 0 aromatic heterocycles. The molecular weight excluding hydrogens is 452 g/mol. The van der Waals surface area contributed by atoms with Gasteiger partial charge < -0.3 is 24.4 Å². The summed E-state index contributed by atoms with van der Waals surface area (Å²) < 4.78 is 17.1. The number of nitrogens with one attached hydrogen (secondary N) is 1. The van der Waals surface area contributed by atoms with E-state index in [9.17, 15) is 9.59 Å². The summed E-state index contributed by atoms with van der Waals surface area (Å²) >= 11 is 3.40. The fourth-order valence-corrected chi connectivity index (χ4v) is 3.05. The molecule has 2 aromatic rings. The predicted octanol–water partition coefficient (Wildman–Crippen LogP) is 3.40. The number of likely N-dealkylation sites (N-methyl/N-ethyl adjacent to an activating group) is 1. The third-order valence-electron chi connectivity index (χ3n) is 4.47. The highest BCUT2D eigenvalue weighted by atomic mass is 79.9. The van der Waals surface area contributed by atoms with E-state index in [2.05, 4.69) is 21.2 Å². The van der Waals surface area contributed by atoms with Crippen molar-refractivity contribution >= 4 is 27.7 Å². The second kappa shape index (κ2) is 11.4. The fraction of sp³-hybridized carbons (Fsp3) is 0.364. The molecule has 2 amide bonds. The Bertz CT molecular complexity index is 835. The third-order valence-corrected chi connectivity index (χ3v) is 5.00. The largest absolute Gasteiger partial charge is 0.496 e. The first kappa shape index (κ1) is 23.5. The van der Waals surface area contributed by atoms with E-state index in [1.54, 1.807) is 25.1 Å². The molecule has 8 heteroatoms. The van der Waals surface area contributed by atoms with Crippen LogP contribution in [0.25, 0.3) is 0 Å². The van der Waals surface area contributed by atoms with Gasteiger partial charge in [0, 0.05) is 35.8 Å². The molecule has 0 aliphatic heterocycles. The van der Waals surface area contributed by atoms with Crippen molar-refractivity contribution in [2.24, 2.45) is 0 Å². The molecule has 2 rings (SSSR count). The van der Waals surface area contributed by atoms with Crippen LogP contribution in [-0.4, -0.2) is 50.1 Å². The zero-order chi connectivity index (χ0) is 22.1. The van der Waals surface area contributed by atoms with Crippen molar-refractivity contribution in [1.29, 1.82) is 0 Å². The minimum Gasteiger partial charge on any atom is -0.496 e. The fourth-order valence-electron chi connectivity index (χ4n) is 2.78. The number of benzene rings is 2. The summed E-state index contributed by atoms with van der Waals surface area (Å²) in [6.07, 6.45) is 0. The summed E-state index contributed by atoms with van der Waals surface area (Å²) in [5, 5.41) is 2.77. The molecule has 0 spiro atoms. The summed E-state index contributed by atoms with van der Waals surface area (Å²) in [5.41, 5.74) is 0.908. The van der Waals surface area contributed by atoms with E-state index in [0.29, 0.717) is 23.8 Å². The summed E-state index contributed by atoms with van der Waals surface area (Å²) in [7, 11) is 3.08. The molecule has 0 aliphatic carbocycles. The predicted molar refractivity (Wildman–Crippen MR) is 118 cm³/mol. The van der Waals surface area contributed by atoms with Gasteiger partial charge in [-0.3, -0.25) is 9.59 Å². The second-order valence-electron chi connectivity index (χ2n) is 6.56. The van der Waals surface area contributed by atoms with Crippen LogP contribution in [-0.2, 0) is 16.1 Å². The van der Waals surface area contributed by atoms with Crippen molar-refractivity contribution < 1.29 is 23.8 Å². The van der Waals surface area contributed by atoms with Gasteiger partial charge in [-0.2, -0.15) is 0 Å². The monoisotopic (exact) mass is 478 g/mol. The zero-order valence-electron chi connectivity index (χ0n) is 17.6. The van der Waals surface area contributed by atoms with Crippen LogP contribution in [0.1, 0.15) is 19.4 Å². The highest BCUT2D eigenvalue weighted by Crippen LogP contribution is 2.27. The van der Waals surface area contributed by atoms with Crippen molar-refractivity contribution in [1.82, 2.24) is 10.2 Å². The van der Waals surface area contributed by atoms with Crippen LogP contribution < -0.4 is 19.5 Å². The molecule has 0 aliphatic rings. The lowest BCUT2D eigenvalue weighted by Crippen LogP contribution is -2.49. The number of carbonyl (C=O) groups is 2. The first-order valence-electron chi connectivity index (χ1n) is 9.55. The molecule has 0 heterocycles. The normalized spacial score (nSPS) is 11.4. The Labute approximate surface area is 185 Å². The first-order chi connectivity index (χ1) is 14.4. The lowest BCUT2D eigenvalue weighted by atomic mass is 10.1. The number of hydrogen-bond donors (Lipinski definition) is 1. The molecule has 0 fully saturated rings. The summed E-state index contributed by atoms with van der Waals surface area (Å²) in [5.74, 6) is 1.02. The van der Waals surface area contributed by atoms with Gasteiger partial charge in [-0.15, -0.1) is 0 Å². The van der Waals surface area contributed by atoms with E-state index in [4.69, 9.17) is 14.2 Å². The molecule has 30 heavy (non-hydrogen) atoms. The lowest BCUT2D eigenvalue weighted by Gasteiger charge is -2.28. The molecule has 2 aromatic carbocycles. The van der Waals surface area contributed by atoms with Crippen LogP contribution >= 0.6 is 15.9 Å². The number of rotatable bonds is 10. The maximum absolute atomic E-state index is 13.0. The standard InChI is InChI=1S/C22H27BrN2O5/c1-5-24-22(27)15(2)25(13-16-6-8-17(23)9-7-16)21(26)14-30-20-11-18(28-3)10-19(12-20)29-4/h6-12,15H,5,13-14H2,1-4H3,(H,24,27)/t15-/m1/s1. The molecule has 0 saturated carbocycles. The van der Waals surface area contributed by atoms with Crippen LogP contribution in [0.3, 0.4) is 0 Å². The molecule has 1 atom stereocenters. The van der Waals surface area contributed by atoms with Crippen molar-refractivity contribution in [3.05, 3.63) is 52.5 Å². The summed E-state index contributed by atoms with van der Waals surface area (Å²) in [6, 6.07) is 12.0. The molecule has 1 N–H and O–H groups in total. The Balaban J connectivity index is 2.17.